The molecule has 0 heterocycles. The molecule has 1 unspecified atom stereocenters. The van der Waals surface area contributed by atoms with Crippen LogP contribution in [0.3, 0.4) is 0 Å². The summed E-state index contributed by atoms with van der Waals surface area (Å²) in [6.07, 6.45) is 7.87. The number of carbonyl (C=O) groups is 1. The predicted octanol–water partition coefficient (Wildman–Crippen LogP) is 3.01. The van der Waals surface area contributed by atoms with E-state index >= 15 is 0 Å². The van der Waals surface area contributed by atoms with Crippen molar-refractivity contribution in [2.45, 2.75) is 75.4 Å². The van der Waals surface area contributed by atoms with E-state index in [0.717, 1.165) is 18.8 Å². The fourth-order valence-corrected chi connectivity index (χ4v) is 2.55. The summed E-state index contributed by atoms with van der Waals surface area (Å²) in [5.74, 6) is -0.305. The zero-order valence-corrected chi connectivity index (χ0v) is 17.0. The van der Waals surface area contributed by atoms with Crippen LogP contribution >= 0.6 is 12.6 Å². The van der Waals surface area contributed by atoms with Crippen molar-refractivity contribution in [3.8, 4) is 0 Å². The van der Waals surface area contributed by atoms with Gasteiger partial charge in [-0.3, -0.25) is 0 Å². The monoisotopic (exact) mass is 412 g/mol. The van der Waals surface area contributed by atoms with Crippen molar-refractivity contribution >= 4 is 54.6 Å². The third-order valence-electron chi connectivity index (χ3n) is 2.56. The Morgan fingerprint density at radius 3 is 2.00 bits per heavy atom. The molecule has 5 heteroatoms. The van der Waals surface area contributed by atoms with Crippen molar-refractivity contribution in [3.63, 3.8) is 0 Å². The molecule has 0 aliphatic heterocycles. The van der Waals surface area contributed by atoms with Gasteiger partial charge in [0.05, 0.1) is 5.97 Å². The van der Waals surface area contributed by atoms with Gasteiger partial charge in [-0.15, -0.1) is 0 Å². The first-order valence-corrected chi connectivity index (χ1v) is 9.52. The molecule has 0 amide bonds. The second kappa shape index (κ2) is 19.0. The first-order chi connectivity index (χ1) is 8.45. The fourth-order valence-electron chi connectivity index (χ4n) is 1.36. The van der Waals surface area contributed by atoms with Crippen LogP contribution in [0.2, 0.25) is 4.44 Å². The molecule has 0 rings (SSSR count). The van der Waals surface area contributed by atoms with Gasteiger partial charge in [-0.25, -0.2) is 0 Å². The molecule has 0 radical (unpaired) electrons. The van der Waals surface area contributed by atoms with E-state index in [1.165, 1.54) is 30.1 Å². The van der Waals surface area contributed by atoms with Gasteiger partial charge in [0.2, 0.25) is 0 Å². The molecular weight excluding hydrogens is 383 g/mol. The minimum Gasteiger partial charge on any atom is -2.00 e. The molecule has 19 heavy (non-hydrogen) atoms. The number of rotatable bonds is 9. The van der Waals surface area contributed by atoms with Crippen LogP contribution < -0.4 is 5.11 Å². The van der Waals surface area contributed by atoms with Crippen LogP contribution in [-0.4, -0.2) is 33.7 Å². The van der Waals surface area contributed by atoms with Crippen molar-refractivity contribution in [1.82, 2.24) is 0 Å². The van der Waals surface area contributed by atoms with E-state index < -0.39 is 11.2 Å². The van der Waals surface area contributed by atoms with E-state index in [0.29, 0.717) is 6.42 Å². The maximum absolute atomic E-state index is 10.3. The Hall–Kier alpha value is 0.969. The van der Waals surface area contributed by atoms with Gasteiger partial charge in [0, 0.05) is 5.25 Å². The van der Waals surface area contributed by atoms with Crippen molar-refractivity contribution in [2.75, 3.05) is 0 Å². The summed E-state index contributed by atoms with van der Waals surface area (Å²) in [4.78, 5) is 10.3. The number of carbonyl (C=O) groups excluding carboxylic acids is 1. The number of aliphatic carboxylic acids is 1. The first-order valence-electron chi connectivity index (χ1n) is 6.99. The normalized spacial score (nSPS) is 11.3. The van der Waals surface area contributed by atoms with Gasteiger partial charge in [-0.2, -0.15) is 12.6 Å². The van der Waals surface area contributed by atoms with Crippen molar-refractivity contribution in [3.05, 3.63) is 0 Å². The van der Waals surface area contributed by atoms with Gasteiger partial charge in [0.15, 0.2) is 0 Å². The van der Waals surface area contributed by atoms with Crippen molar-refractivity contribution in [1.29, 1.82) is 0 Å². The topological polar surface area (TPSA) is 40.1 Å². The van der Waals surface area contributed by atoms with E-state index in [4.69, 9.17) is 0 Å². The van der Waals surface area contributed by atoms with Gasteiger partial charge in [-0.05, 0) is 12.3 Å². The molecule has 0 aliphatic carbocycles. The van der Waals surface area contributed by atoms with Gasteiger partial charge in [0.1, 0.15) is 0 Å². The second-order valence-corrected chi connectivity index (χ2v) is 7.02. The molecule has 0 fully saturated rings. The summed E-state index contributed by atoms with van der Waals surface area (Å²) in [5, 5.41) is 9.70. The van der Waals surface area contributed by atoms with E-state index in [-0.39, 0.29) is 13.5 Å². The molecule has 1 atom stereocenters. The Labute approximate surface area is 145 Å². The van der Waals surface area contributed by atoms with E-state index in [2.05, 4.69) is 33.4 Å². The average Bonchev–Trinajstić information content (AvgIpc) is 2.29. The van der Waals surface area contributed by atoms with Gasteiger partial charge >= 0.3 is 46.7 Å². The Bertz CT molecular complexity index is 188. The molecule has 2 nitrogen and oxygen atoms in total. The van der Waals surface area contributed by atoms with E-state index in [9.17, 15) is 9.90 Å². The molecule has 0 bridgehead atoms. The predicted molar refractivity (Wildman–Crippen MR) is 88.5 cm³/mol. The van der Waals surface area contributed by atoms with Crippen LogP contribution in [-0.2, 0) is 18.3 Å². The SMILES string of the molecule is CC(C)CCCCCC(S)C(=O)[O-].CCC[CH2][Sn+3].[S-2]. The largest absolute Gasteiger partial charge is 2.00 e. The molecule has 0 aromatic rings. The Morgan fingerprint density at radius 2 is 1.68 bits per heavy atom. The number of hydrogen-bond acceptors (Lipinski definition) is 3. The number of hydrogen-bond donors (Lipinski definition) is 1. The van der Waals surface area contributed by atoms with E-state index in [1.807, 2.05) is 0 Å². The minimum atomic E-state index is -1.05. The Balaban J connectivity index is -0.000000366. The second-order valence-electron chi connectivity index (χ2n) is 4.97. The summed E-state index contributed by atoms with van der Waals surface area (Å²) in [5.41, 5.74) is 0. The van der Waals surface area contributed by atoms with Gasteiger partial charge < -0.3 is 23.4 Å². The number of carboxylic acids is 1. The fraction of sp³-hybridized carbons (Fsp3) is 0.929. The number of carboxylic acid groups (broad SMARTS) is 1. The van der Waals surface area contributed by atoms with Crippen LogP contribution in [0.15, 0.2) is 0 Å². The molecule has 0 spiro atoms. The van der Waals surface area contributed by atoms with Crippen LogP contribution in [0.4, 0.5) is 0 Å². The summed E-state index contributed by atoms with van der Waals surface area (Å²) in [6, 6.07) is 0. The number of thiol groups is 1. The zero-order valence-electron chi connectivity index (χ0n) is 12.5. The summed E-state index contributed by atoms with van der Waals surface area (Å²) >= 11 is 5.59. The molecule has 112 valence electrons. The average molecular weight is 411 g/mol. The van der Waals surface area contributed by atoms with Crippen LogP contribution in [0.25, 0.3) is 0 Å². The quantitative estimate of drug-likeness (QED) is 0.360. The van der Waals surface area contributed by atoms with Crippen LogP contribution in [0.5, 0.6) is 0 Å². The molecule has 0 aliphatic rings. The van der Waals surface area contributed by atoms with E-state index in [1.54, 1.807) is 22.5 Å². The molecule has 0 aromatic carbocycles. The third kappa shape index (κ3) is 24.4. The minimum absolute atomic E-state index is 0. The number of unbranched alkanes of at least 4 members (excludes halogenated alkanes) is 3. The maximum Gasteiger partial charge on any atom is -2.00 e. The van der Waals surface area contributed by atoms with Crippen molar-refractivity contribution in [2.24, 2.45) is 5.92 Å². The molecular formula is C14H28O2S2Sn. The summed E-state index contributed by atoms with van der Waals surface area (Å²) in [6.45, 7) is 6.62. The van der Waals surface area contributed by atoms with Crippen molar-refractivity contribution < 1.29 is 9.90 Å². The molecule has 0 N–H and O–H groups in total. The zero-order chi connectivity index (χ0) is 14.4. The molecule has 0 saturated heterocycles. The Morgan fingerprint density at radius 1 is 1.16 bits per heavy atom. The van der Waals surface area contributed by atoms with Gasteiger partial charge in [0.25, 0.3) is 0 Å². The molecule has 0 aromatic heterocycles. The van der Waals surface area contributed by atoms with Crippen LogP contribution in [0.1, 0.15) is 65.7 Å². The van der Waals surface area contributed by atoms with Crippen LogP contribution in [0, 0.1) is 5.92 Å². The Kier molecular flexibility index (Phi) is 24.9. The van der Waals surface area contributed by atoms with Gasteiger partial charge in [-0.1, -0.05) is 39.5 Å². The first kappa shape index (κ1) is 25.0. The summed E-state index contributed by atoms with van der Waals surface area (Å²) in [7, 11) is 0. The summed E-state index contributed by atoms with van der Waals surface area (Å²) < 4.78 is 1.43. The maximum atomic E-state index is 10.3. The molecule has 0 saturated carbocycles. The standard InChI is InChI=1S/C10H20O2S.C4H9.S.Sn/c1-8(2)6-4-3-5-7-9(13)10(11)12;1-3-4-2;;/h8-9,13H,3-7H2,1-2H3,(H,11,12);1,3-4H2,2H3;;/q;;-2;+3/p-1. The smallest absolute Gasteiger partial charge is 2.00 e. The third-order valence-corrected chi connectivity index (χ3v) is 4.04.